The van der Waals surface area contributed by atoms with Gasteiger partial charge in [-0.05, 0) is 37.6 Å². The Kier molecular flexibility index (Phi) is 8.21. The molecular formula is C21H25NO6S. The van der Waals surface area contributed by atoms with E-state index in [1.807, 2.05) is 19.9 Å². The van der Waals surface area contributed by atoms with Crippen LogP contribution in [0.25, 0.3) is 0 Å². The average Bonchev–Trinajstić information content (AvgIpc) is 3.06. The van der Waals surface area contributed by atoms with E-state index >= 15 is 0 Å². The second-order valence-corrected chi connectivity index (χ2v) is 7.84. The van der Waals surface area contributed by atoms with E-state index in [1.54, 1.807) is 36.6 Å². The van der Waals surface area contributed by atoms with Crippen LogP contribution in [0.2, 0.25) is 0 Å². The molecule has 0 aliphatic carbocycles. The topological polar surface area (TPSA) is 90.9 Å². The Morgan fingerprint density at radius 2 is 1.72 bits per heavy atom. The maximum Gasteiger partial charge on any atom is 0.306 e. The van der Waals surface area contributed by atoms with E-state index in [9.17, 15) is 14.4 Å². The highest BCUT2D eigenvalue weighted by molar-refractivity contribution is 7.12. The summed E-state index contributed by atoms with van der Waals surface area (Å²) in [6, 6.07) is 7.13. The number of rotatable bonds is 10. The fraction of sp³-hybridized carbons (Fsp3) is 0.381. The second kappa shape index (κ2) is 10.6. The second-order valence-electron chi connectivity index (χ2n) is 6.38. The van der Waals surface area contributed by atoms with Crippen LogP contribution < -0.4 is 14.8 Å². The molecule has 0 aliphatic heterocycles. The van der Waals surface area contributed by atoms with Crippen LogP contribution in [-0.4, -0.2) is 38.5 Å². The Hall–Kier alpha value is -2.87. The SMILES string of the molecule is COc1ccc(CNC(=O)COC(=O)CCC(=O)c2cc(C)sc2C)cc1OC. The fourth-order valence-corrected chi connectivity index (χ4v) is 3.66. The van der Waals surface area contributed by atoms with Gasteiger partial charge in [0, 0.05) is 28.3 Å². The van der Waals surface area contributed by atoms with E-state index < -0.39 is 18.5 Å². The van der Waals surface area contributed by atoms with Gasteiger partial charge in [-0.25, -0.2) is 0 Å². The summed E-state index contributed by atoms with van der Waals surface area (Å²) < 4.78 is 15.3. The van der Waals surface area contributed by atoms with Crippen LogP contribution >= 0.6 is 11.3 Å². The number of hydrogen-bond acceptors (Lipinski definition) is 7. The molecule has 0 saturated carbocycles. The standard InChI is InChI=1S/C21H25NO6S/c1-13-9-16(14(2)29-13)17(23)6-8-21(25)28-12-20(24)22-11-15-5-7-18(26-3)19(10-15)27-4/h5,7,9-10H,6,8,11-12H2,1-4H3,(H,22,24). The van der Waals surface area contributed by atoms with Crippen molar-refractivity contribution in [3.63, 3.8) is 0 Å². The van der Waals surface area contributed by atoms with E-state index in [4.69, 9.17) is 14.2 Å². The van der Waals surface area contributed by atoms with Crippen molar-refractivity contribution in [3.05, 3.63) is 45.1 Å². The number of carbonyl (C=O) groups excluding carboxylic acids is 3. The molecule has 0 atom stereocenters. The van der Waals surface area contributed by atoms with Crippen molar-refractivity contribution in [3.8, 4) is 11.5 Å². The minimum atomic E-state index is -0.579. The summed E-state index contributed by atoms with van der Waals surface area (Å²) in [5.41, 5.74) is 1.46. The summed E-state index contributed by atoms with van der Waals surface area (Å²) in [6.07, 6.45) is -0.000759. The minimum Gasteiger partial charge on any atom is -0.493 e. The lowest BCUT2D eigenvalue weighted by Crippen LogP contribution is -2.28. The molecule has 29 heavy (non-hydrogen) atoms. The zero-order valence-corrected chi connectivity index (χ0v) is 17.8. The Balaban J connectivity index is 1.72. The van der Waals surface area contributed by atoms with Crippen molar-refractivity contribution in [2.24, 2.45) is 0 Å². The molecule has 0 spiro atoms. The molecule has 0 bridgehead atoms. The van der Waals surface area contributed by atoms with Gasteiger partial charge in [-0.15, -0.1) is 11.3 Å². The first-order valence-electron chi connectivity index (χ1n) is 9.07. The van der Waals surface area contributed by atoms with Crippen molar-refractivity contribution in [1.29, 1.82) is 0 Å². The van der Waals surface area contributed by atoms with Crippen LogP contribution in [0.4, 0.5) is 0 Å². The first-order valence-corrected chi connectivity index (χ1v) is 9.89. The Morgan fingerprint density at radius 3 is 2.34 bits per heavy atom. The Labute approximate surface area is 174 Å². The van der Waals surface area contributed by atoms with Crippen LogP contribution in [0, 0.1) is 13.8 Å². The molecule has 0 saturated heterocycles. The molecule has 1 amide bonds. The molecule has 0 radical (unpaired) electrons. The summed E-state index contributed by atoms with van der Waals surface area (Å²) >= 11 is 1.55. The quantitative estimate of drug-likeness (QED) is 0.470. The van der Waals surface area contributed by atoms with Crippen LogP contribution in [0.5, 0.6) is 11.5 Å². The highest BCUT2D eigenvalue weighted by Gasteiger charge is 2.15. The van der Waals surface area contributed by atoms with Gasteiger partial charge < -0.3 is 19.5 Å². The predicted octanol–water partition coefficient (Wildman–Crippen LogP) is 3.20. The zero-order chi connectivity index (χ0) is 21.4. The van der Waals surface area contributed by atoms with Gasteiger partial charge in [0.05, 0.1) is 20.6 Å². The monoisotopic (exact) mass is 419 g/mol. The molecule has 7 nitrogen and oxygen atoms in total. The number of amides is 1. The van der Waals surface area contributed by atoms with Crippen LogP contribution in [0.3, 0.4) is 0 Å². The fourth-order valence-electron chi connectivity index (χ4n) is 2.72. The smallest absolute Gasteiger partial charge is 0.306 e. The highest BCUT2D eigenvalue weighted by atomic mass is 32.1. The van der Waals surface area contributed by atoms with Gasteiger partial charge in [0.2, 0.25) is 0 Å². The van der Waals surface area contributed by atoms with Gasteiger partial charge in [0.25, 0.3) is 5.91 Å². The molecule has 1 aromatic heterocycles. The normalized spacial score (nSPS) is 10.3. The third kappa shape index (κ3) is 6.60. The van der Waals surface area contributed by atoms with Crippen molar-refractivity contribution < 1.29 is 28.6 Å². The molecule has 156 valence electrons. The van der Waals surface area contributed by atoms with Crippen molar-refractivity contribution >= 4 is 29.0 Å². The summed E-state index contributed by atoms with van der Waals surface area (Å²) in [4.78, 5) is 37.9. The number of nitrogens with one attached hydrogen (secondary N) is 1. The third-order valence-electron chi connectivity index (χ3n) is 4.20. The first kappa shape index (κ1) is 22.4. The van der Waals surface area contributed by atoms with Crippen molar-refractivity contribution in [2.75, 3.05) is 20.8 Å². The molecular weight excluding hydrogens is 394 g/mol. The van der Waals surface area contributed by atoms with Crippen LogP contribution in [-0.2, 0) is 20.9 Å². The number of carbonyl (C=O) groups is 3. The number of ether oxygens (including phenoxy) is 3. The summed E-state index contributed by atoms with van der Waals surface area (Å²) in [6.45, 7) is 3.68. The average molecular weight is 419 g/mol. The minimum absolute atomic E-state index is 0.0586. The molecule has 2 rings (SSSR count). The maximum atomic E-state index is 12.2. The number of hydrogen-bond donors (Lipinski definition) is 1. The summed E-state index contributed by atoms with van der Waals surface area (Å²) in [5.74, 6) is 0.0555. The predicted molar refractivity (Wildman–Crippen MR) is 110 cm³/mol. The van der Waals surface area contributed by atoms with Gasteiger partial charge in [-0.1, -0.05) is 6.07 Å². The number of methoxy groups -OCH3 is 2. The number of benzene rings is 1. The van der Waals surface area contributed by atoms with E-state index in [1.165, 1.54) is 7.11 Å². The number of Topliss-reactive ketones (excluding diaryl/α,β-unsaturated/α-hetero) is 1. The molecule has 0 unspecified atom stereocenters. The zero-order valence-electron chi connectivity index (χ0n) is 17.0. The largest absolute Gasteiger partial charge is 0.493 e. The first-order chi connectivity index (χ1) is 13.8. The van der Waals surface area contributed by atoms with E-state index in [0.29, 0.717) is 17.1 Å². The molecule has 1 N–H and O–H groups in total. The maximum absolute atomic E-state index is 12.2. The van der Waals surface area contributed by atoms with E-state index in [-0.39, 0.29) is 25.2 Å². The third-order valence-corrected chi connectivity index (χ3v) is 5.17. The van der Waals surface area contributed by atoms with Crippen molar-refractivity contribution in [2.45, 2.75) is 33.2 Å². The molecule has 1 heterocycles. The number of aryl methyl sites for hydroxylation is 2. The lowest BCUT2D eigenvalue weighted by atomic mass is 10.1. The van der Waals surface area contributed by atoms with Gasteiger partial charge in [-0.3, -0.25) is 14.4 Å². The van der Waals surface area contributed by atoms with Gasteiger partial charge in [-0.2, -0.15) is 0 Å². The number of thiophene rings is 1. The van der Waals surface area contributed by atoms with Gasteiger partial charge in [0.1, 0.15) is 0 Å². The van der Waals surface area contributed by atoms with E-state index in [0.717, 1.165) is 15.3 Å². The molecule has 2 aromatic rings. The lowest BCUT2D eigenvalue weighted by molar-refractivity contribution is -0.148. The van der Waals surface area contributed by atoms with E-state index in [2.05, 4.69) is 5.32 Å². The summed E-state index contributed by atoms with van der Waals surface area (Å²) in [7, 11) is 3.08. The Morgan fingerprint density at radius 1 is 1.00 bits per heavy atom. The van der Waals surface area contributed by atoms with Gasteiger partial charge in [0.15, 0.2) is 23.9 Å². The highest BCUT2D eigenvalue weighted by Crippen LogP contribution is 2.27. The Bertz CT molecular complexity index is 889. The number of esters is 1. The van der Waals surface area contributed by atoms with Crippen molar-refractivity contribution in [1.82, 2.24) is 5.32 Å². The lowest BCUT2D eigenvalue weighted by Gasteiger charge is -2.10. The summed E-state index contributed by atoms with van der Waals surface area (Å²) in [5, 5.41) is 2.67. The van der Waals surface area contributed by atoms with Crippen LogP contribution in [0.15, 0.2) is 24.3 Å². The molecule has 0 aliphatic rings. The molecule has 0 fully saturated rings. The number of ketones is 1. The van der Waals surface area contributed by atoms with Gasteiger partial charge >= 0.3 is 5.97 Å². The van der Waals surface area contributed by atoms with Crippen LogP contribution in [0.1, 0.15) is 38.5 Å². The molecule has 8 heteroatoms. The molecule has 1 aromatic carbocycles.